The third kappa shape index (κ3) is 3.41. The second-order valence-corrected chi connectivity index (χ2v) is 6.08. The summed E-state index contributed by atoms with van der Waals surface area (Å²) in [4.78, 5) is 11.3. The summed E-state index contributed by atoms with van der Waals surface area (Å²) in [7, 11) is 0. The fourth-order valence-electron chi connectivity index (χ4n) is 1.84. The molecule has 90 valence electrons. The molecule has 0 radical (unpaired) electrons. The highest BCUT2D eigenvalue weighted by atomic mass is 32.1. The molecule has 0 saturated heterocycles. The van der Waals surface area contributed by atoms with Crippen molar-refractivity contribution < 1.29 is 0 Å². The Hall–Kier alpha value is -0.700. The lowest BCUT2D eigenvalue weighted by atomic mass is 9.89. The van der Waals surface area contributed by atoms with Gasteiger partial charge < -0.3 is 5.73 Å². The van der Waals surface area contributed by atoms with Crippen molar-refractivity contribution in [2.75, 3.05) is 5.73 Å². The molecule has 0 saturated carbocycles. The van der Waals surface area contributed by atoms with Crippen molar-refractivity contribution in [3.63, 3.8) is 0 Å². The van der Waals surface area contributed by atoms with Gasteiger partial charge in [0.2, 0.25) is 5.43 Å². The number of anilines is 1. The Morgan fingerprint density at radius 2 is 1.81 bits per heavy atom. The Kier molecular flexibility index (Phi) is 4.25. The van der Waals surface area contributed by atoms with E-state index in [1.807, 2.05) is 0 Å². The molecule has 0 amide bonds. The quantitative estimate of drug-likeness (QED) is 0.632. The number of nitrogen functional groups attached to an aromatic ring is 1. The fourth-order valence-corrected chi connectivity index (χ4v) is 2.08. The van der Waals surface area contributed by atoms with E-state index in [9.17, 15) is 4.79 Å². The Morgan fingerprint density at radius 3 is 2.31 bits per heavy atom. The number of unbranched alkanes of at least 4 members (excludes halogenated alkanes) is 2. The first-order valence-corrected chi connectivity index (χ1v) is 6.31. The summed E-state index contributed by atoms with van der Waals surface area (Å²) in [5.41, 5.74) is 7.40. The van der Waals surface area contributed by atoms with E-state index < -0.39 is 0 Å². The first-order valence-electron chi connectivity index (χ1n) is 5.90. The topological polar surface area (TPSA) is 43.1 Å². The SMILES string of the molecule is CC(C)(C)CCCCCc1c(N)c(=S)c1=O. The smallest absolute Gasteiger partial charge is 0.204 e. The van der Waals surface area contributed by atoms with Gasteiger partial charge in [-0.2, -0.15) is 0 Å². The fraction of sp³-hybridized carbons (Fsp3) is 0.692. The molecule has 16 heavy (non-hydrogen) atoms. The third-order valence-corrected chi connectivity index (χ3v) is 3.31. The van der Waals surface area contributed by atoms with Crippen LogP contribution >= 0.6 is 12.2 Å². The van der Waals surface area contributed by atoms with Crippen LogP contribution in [0.3, 0.4) is 0 Å². The molecule has 1 rings (SSSR count). The molecule has 0 aliphatic heterocycles. The molecule has 0 spiro atoms. The highest BCUT2D eigenvalue weighted by Gasteiger charge is 2.14. The maximum Gasteiger partial charge on any atom is 0.204 e. The van der Waals surface area contributed by atoms with E-state index in [1.54, 1.807) is 0 Å². The van der Waals surface area contributed by atoms with E-state index in [0.29, 0.717) is 15.6 Å². The monoisotopic (exact) mass is 239 g/mol. The Labute approximate surface area is 103 Å². The van der Waals surface area contributed by atoms with E-state index in [0.717, 1.165) is 24.8 Å². The minimum Gasteiger partial charge on any atom is -0.397 e. The van der Waals surface area contributed by atoms with E-state index in [4.69, 9.17) is 18.0 Å². The zero-order valence-corrected chi connectivity index (χ0v) is 11.2. The summed E-state index contributed by atoms with van der Waals surface area (Å²) in [5, 5.41) is 0. The van der Waals surface area contributed by atoms with Crippen molar-refractivity contribution in [2.45, 2.75) is 52.9 Å². The number of rotatable bonds is 5. The molecular formula is C13H21NOS. The molecule has 0 unspecified atom stereocenters. The van der Waals surface area contributed by atoms with Gasteiger partial charge in [-0.15, -0.1) is 0 Å². The summed E-state index contributed by atoms with van der Waals surface area (Å²) >= 11 is 4.82. The Morgan fingerprint density at radius 1 is 1.19 bits per heavy atom. The molecule has 1 aromatic carbocycles. The van der Waals surface area contributed by atoms with E-state index in [2.05, 4.69) is 20.8 Å². The maximum absolute atomic E-state index is 11.3. The number of nitrogens with two attached hydrogens (primary N) is 1. The molecule has 0 aromatic heterocycles. The van der Waals surface area contributed by atoms with Gasteiger partial charge in [0.05, 0.1) is 5.69 Å². The predicted molar refractivity (Wildman–Crippen MR) is 72.0 cm³/mol. The van der Waals surface area contributed by atoms with Crippen LogP contribution in [0.4, 0.5) is 5.69 Å². The van der Waals surface area contributed by atoms with Crippen LogP contribution in [-0.2, 0) is 6.42 Å². The zero-order valence-electron chi connectivity index (χ0n) is 10.4. The zero-order chi connectivity index (χ0) is 12.3. The van der Waals surface area contributed by atoms with Crippen molar-refractivity contribution >= 4 is 17.9 Å². The van der Waals surface area contributed by atoms with Gasteiger partial charge in [-0.05, 0) is 24.7 Å². The summed E-state index contributed by atoms with van der Waals surface area (Å²) in [6.45, 7) is 6.75. The average Bonchev–Trinajstić information content (AvgIpc) is 2.20. The second kappa shape index (κ2) is 5.09. The van der Waals surface area contributed by atoms with Crippen molar-refractivity contribution in [3.05, 3.63) is 20.3 Å². The van der Waals surface area contributed by atoms with Crippen molar-refractivity contribution in [3.8, 4) is 0 Å². The van der Waals surface area contributed by atoms with Crippen LogP contribution in [0.5, 0.6) is 0 Å². The van der Waals surface area contributed by atoms with Gasteiger partial charge in [0.1, 0.15) is 4.51 Å². The summed E-state index contributed by atoms with van der Waals surface area (Å²) in [6, 6.07) is 0. The van der Waals surface area contributed by atoms with Crippen LogP contribution in [0.25, 0.3) is 0 Å². The minimum absolute atomic E-state index is 0.00308. The molecule has 2 N–H and O–H groups in total. The maximum atomic E-state index is 11.3. The molecule has 0 heterocycles. The molecule has 0 bridgehead atoms. The van der Waals surface area contributed by atoms with Crippen LogP contribution in [0.1, 0.15) is 52.0 Å². The van der Waals surface area contributed by atoms with Crippen molar-refractivity contribution in [1.29, 1.82) is 0 Å². The van der Waals surface area contributed by atoms with E-state index in [1.165, 1.54) is 12.8 Å². The standard InChI is InChI=1S/C13H21NOS/c1-13(2,3)8-6-4-5-7-9-10(14)12(16)11(9)15/h4-8,14H2,1-3H3. The van der Waals surface area contributed by atoms with Gasteiger partial charge >= 0.3 is 0 Å². The molecule has 0 aliphatic rings. The van der Waals surface area contributed by atoms with Gasteiger partial charge in [-0.1, -0.05) is 45.8 Å². The molecule has 0 fully saturated rings. The van der Waals surface area contributed by atoms with E-state index >= 15 is 0 Å². The number of hydrogen-bond donors (Lipinski definition) is 1. The van der Waals surface area contributed by atoms with Gasteiger partial charge in [0, 0.05) is 5.56 Å². The van der Waals surface area contributed by atoms with Gasteiger partial charge in [-0.3, -0.25) is 4.79 Å². The second-order valence-electron chi connectivity index (χ2n) is 5.67. The first-order chi connectivity index (χ1) is 7.33. The van der Waals surface area contributed by atoms with Crippen LogP contribution < -0.4 is 11.2 Å². The van der Waals surface area contributed by atoms with Crippen LogP contribution in [0, 0.1) is 9.93 Å². The van der Waals surface area contributed by atoms with Crippen molar-refractivity contribution in [2.24, 2.45) is 5.41 Å². The highest BCUT2D eigenvalue weighted by molar-refractivity contribution is 7.71. The Balaban J connectivity index is 2.23. The first kappa shape index (κ1) is 13.4. The molecular weight excluding hydrogens is 218 g/mol. The van der Waals surface area contributed by atoms with Gasteiger partial charge in [-0.25, -0.2) is 0 Å². The van der Waals surface area contributed by atoms with Gasteiger partial charge in [0.25, 0.3) is 0 Å². The van der Waals surface area contributed by atoms with Gasteiger partial charge in [0.15, 0.2) is 0 Å². The highest BCUT2D eigenvalue weighted by Crippen LogP contribution is 2.23. The molecule has 1 aromatic rings. The molecule has 0 aliphatic carbocycles. The average molecular weight is 239 g/mol. The lowest BCUT2D eigenvalue weighted by molar-refractivity contribution is 0.358. The summed E-state index contributed by atoms with van der Waals surface area (Å²) in [5.74, 6) is 0. The number of hydrogen-bond acceptors (Lipinski definition) is 3. The largest absolute Gasteiger partial charge is 0.397 e. The summed E-state index contributed by atoms with van der Waals surface area (Å²) < 4.78 is 0.338. The normalized spacial score (nSPS) is 12.2. The summed E-state index contributed by atoms with van der Waals surface area (Å²) in [6.07, 6.45) is 5.45. The Bertz CT molecular complexity index is 422. The van der Waals surface area contributed by atoms with E-state index in [-0.39, 0.29) is 5.43 Å². The lowest BCUT2D eigenvalue weighted by Crippen LogP contribution is -2.20. The molecule has 3 heteroatoms. The van der Waals surface area contributed by atoms with Crippen LogP contribution in [0.2, 0.25) is 0 Å². The van der Waals surface area contributed by atoms with Crippen LogP contribution in [0.15, 0.2) is 4.79 Å². The van der Waals surface area contributed by atoms with Crippen LogP contribution in [-0.4, -0.2) is 0 Å². The van der Waals surface area contributed by atoms with Crippen molar-refractivity contribution in [1.82, 2.24) is 0 Å². The molecule has 2 nitrogen and oxygen atoms in total. The third-order valence-electron chi connectivity index (χ3n) is 2.90. The predicted octanol–water partition coefficient (Wildman–Crippen LogP) is 3.38. The lowest BCUT2D eigenvalue weighted by Gasteiger charge is -2.17. The minimum atomic E-state index is 0.00308. The molecule has 0 atom stereocenters.